The van der Waals surface area contributed by atoms with Gasteiger partial charge in [-0.25, -0.2) is 4.98 Å². The molecule has 0 unspecified atom stereocenters. The minimum atomic E-state index is 0.664. The van der Waals surface area contributed by atoms with E-state index in [9.17, 15) is 0 Å². The molecule has 0 bridgehead atoms. The van der Waals surface area contributed by atoms with E-state index < -0.39 is 0 Å². The second kappa shape index (κ2) is 4.97. The lowest BCUT2D eigenvalue weighted by Gasteiger charge is -2.14. The van der Waals surface area contributed by atoms with Gasteiger partial charge in [-0.05, 0) is 26.7 Å². The number of hydrogen-bond acceptors (Lipinski definition) is 3. The number of rotatable bonds is 2. The van der Waals surface area contributed by atoms with Crippen LogP contribution < -0.4 is 5.32 Å². The second-order valence-electron chi connectivity index (χ2n) is 4.49. The standard InChI is InChI=1S/C12H20N2S/c1-9-10(2)15-12(13-9)14-11-7-5-3-4-6-8-11/h11H,3-8H2,1-2H3,(H,13,14). The minimum Gasteiger partial charge on any atom is -0.359 e. The Balaban J connectivity index is 1.95. The smallest absolute Gasteiger partial charge is 0.183 e. The van der Waals surface area contributed by atoms with E-state index in [4.69, 9.17) is 0 Å². The third-order valence-corrected chi connectivity index (χ3v) is 4.22. The fourth-order valence-corrected chi connectivity index (χ4v) is 3.02. The molecule has 3 heteroatoms. The van der Waals surface area contributed by atoms with Crippen molar-refractivity contribution in [3.63, 3.8) is 0 Å². The number of nitrogens with one attached hydrogen (secondary N) is 1. The zero-order valence-corrected chi connectivity index (χ0v) is 10.5. The molecule has 0 spiro atoms. The van der Waals surface area contributed by atoms with E-state index in [2.05, 4.69) is 24.1 Å². The Hall–Kier alpha value is -0.570. The van der Waals surface area contributed by atoms with Gasteiger partial charge in [-0.15, -0.1) is 11.3 Å². The topological polar surface area (TPSA) is 24.9 Å². The zero-order chi connectivity index (χ0) is 10.7. The van der Waals surface area contributed by atoms with Crippen molar-refractivity contribution in [3.05, 3.63) is 10.6 Å². The molecule has 1 heterocycles. The molecule has 0 amide bonds. The highest BCUT2D eigenvalue weighted by molar-refractivity contribution is 7.15. The lowest BCUT2D eigenvalue weighted by atomic mass is 10.1. The summed E-state index contributed by atoms with van der Waals surface area (Å²) in [5.41, 5.74) is 1.18. The summed E-state index contributed by atoms with van der Waals surface area (Å²) in [5.74, 6) is 0. The molecule has 1 aliphatic carbocycles. The number of aryl methyl sites for hydroxylation is 2. The van der Waals surface area contributed by atoms with Gasteiger partial charge >= 0.3 is 0 Å². The number of hydrogen-bond donors (Lipinski definition) is 1. The van der Waals surface area contributed by atoms with Gasteiger partial charge in [0, 0.05) is 10.9 Å². The van der Waals surface area contributed by atoms with Crippen LogP contribution in [0.3, 0.4) is 0 Å². The molecule has 2 nitrogen and oxygen atoms in total. The molecule has 1 N–H and O–H groups in total. The highest BCUT2D eigenvalue weighted by Gasteiger charge is 2.13. The number of aromatic nitrogens is 1. The maximum atomic E-state index is 4.54. The van der Waals surface area contributed by atoms with Crippen molar-refractivity contribution in [3.8, 4) is 0 Å². The molecule has 0 radical (unpaired) electrons. The first kappa shape index (κ1) is 10.9. The molecular weight excluding hydrogens is 204 g/mol. The van der Waals surface area contributed by atoms with E-state index in [0.29, 0.717) is 6.04 Å². The van der Waals surface area contributed by atoms with Gasteiger partial charge in [0.25, 0.3) is 0 Å². The summed E-state index contributed by atoms with van der Waals surface area (Å²) in [6, 6.07) is 0.664. The molecule has 0 atom stereocenters. The number of nitrogens with zero attached hydrogens (tertiary/aromatic N) is 1. The lowest BCUT2D eigenvalue weighted by Crippen LogP contribution is -2.17. The van der Waals surface area contributed by atoms with Crippen molar-refractivity contribution in [2.75, 3.05) is 5.32 Å². The summed E-state index contributed by atoms with van der Waals surface area (Å²) >= 11 is 1.79. The molecule has 1 fully saturated rings. The molecule has 15 heavy (non-hydrogen) atoms. The van der Waals surface area contributed by atoms with Crippen molar-refractivity contribution in [1.82, 2.24) is 4.98 Å². The van der Waals surface area contributed by atoms with Crippen LogP contribution in [0.5, 0.6) is 0 Å². The van der Waals surface area contributed by atoms with Crippen LogP contribution in [0, 0.1) is 13.8 Å². The Morgan fingerprint density at radius 1 is 1.13 bits per heavy atom. The van der Waals surface area contributed by atoms with E-state index in [-0.39, 0.29) is 0 Å². The van der Waals surface area contributed by atoms with Crippen molar-refractivity contribution in [1.29, 1.82) is 0 Å². The van der Waals surface area contributed by atoms with Gasteiger partial charge in [0.2, 0.25) is 0 Å². The van der Waals surface area contributed by atoms with Crippen molar-refractivity contribution in [2.24, 2.45) is 0 Å². The average Bonchev–Trinajstić information content (AvgIpc) is 2.45. The van der Waals surface area contributed by atoms with Crippen LogP contribution in [-0.4, -0.2) is 11.0 Å². The molecular formula is C12H20N2S. The summed E-state index contributed by atoms with van der Waals surface area (Å²) in [6.07, 6.45) is 8.21. The first-order valence-corrected chi connectivity index (χ1v) is 6.78. The molecule has 0 aliphatic heterocycles. The van der Waals surface area contributed by atoms with Gasteiger partial charge in [0.15, 0.2) is 5.13 Å². The Bertz CT molecular complexity index is 292. The summed E-state index contributed by atoms with van der Waals surface area (Å²) in [5, 5.41) is 4.71. The first-order chi connectivity index (χ1) is 7.25. The monoisotopic (exact) mass is 224 g/mol. The summed E-state index contributed by atoms with van der Waals surface area (Å²) in [4.78, 5) is 5.88. The van der Waals surface area contributed by atoms with Crippen LogP contribution in [0.2, 0.25) is 0 Å². The van der Waals surface area contributed by atoms with Crippen LogP contribution in [-0.2, 0) is 0 Å². The Morgan fingerprint density at radius 2 is 1.80 bits per heavy atom. The van der Waals surface area contributed by atoms with E-state index in [1.165, 1.54) is 49.1 Å². The van der Waals surface area contributed by atoms with Gasteiger partial charge in [-0.1, -0.05) is 25.7 Å². The van der Waals surface area contributed by atoms with Crippen LogP contribution in [0.1, 0.15) is 49.1 Å². The van der Waals surface area contributed by atoms with Crippen LogP contribution in [0.4, 0.5) is 5.13 Å². The van der Waals surface area contributed by atoms with E-state index >= 15 is 0 Å². The summed E-state index contributed by atoms with van der Waals surface area (Å²) < 4.78 is 0. The van der Waals surface area contributed by atoms with E-state index in [1.54, 1.807) is 11.3 Å². The van der Waals surface area contributed by atoms with Crippen LogP contribution >= 0.6 is 11.3 Å². The van der Waals surface area contributed by atoms with Crippen molar-refractivity contribution >= 4 is 16.5 Å². The van der Waals surface area contributed by atoms with Crippen molar-refractivity contribution in [2.45, 2.75) is 58.4 Å². The lowest BCUT2D eigenvalue weighted by molar-refractivity contribution is 0.619. The average molecular weight is 224 g/mol. The highest BCUT2D eigenvalue weighted by atomic mass is 32.1. The third kappa shape index (κ3) is 2.94. The van der Waals surface area contributed by atoms with Gasteiger partial charge in [-0.2, -0.15) is 0 Å². The normalized spacial score (nSPS) is 18.8. The predicted octanol–water partition coefficient (Wildman–Crippen LogP) is 3.89. The predicted molar refractivity (Wildman–Crippen MR) is 66.7 cm³/mol. The van der Waals surface area contributed by atoms with Crippen LogP contribution in [0.15, 0.2) is 0 Å². The Labute approximate surface area is 96.1 Å². The van der Waals surface area contributed by atoms with Crippen molar-refractivity contribution < 1.29 is 0 Å². The van der Waals surface area contributed by atoms with Gasteiger partial charge < -0.3 is 5.32 Å². The van der Waals surface area contributed by atoms with E-state index in [1.807, 2.05) is 0 Å². The van der Waals surface area contributed by atoms with Gasteiger partial charge in [0.05, 0.1) is 5.69 Å². The summed E-state index contributed by atoms with van der Waals surface area (Å²) in [7, 11) is 0. The van der Waals surface area contributed by atoms with Crippen LogP contribution in [0.25, 0.3) is 0 Å². The molecule has 84 valence electrons. The first-order valence-electron chi connectivity index (χ1n) is 5.96. The third-order valence-electron chi connectivity index (χ3n) is 3.21. The Morgan fingerprint density at radius 3 is 2.33 bits per heavy atom. The fourth-order valence-electron chi connectivity index (χ4n) is 2.13. The number of anilines is 1. The minimum absolute atomic E-state index is 0.664. The molecule has 1 aromatic rings. The molecule has 0 saturated heterocycles. The largest absolute Gasteiger partial charge is 0.359 e. The van der Waals surface area contributed by atoms with E-state index in [0.717, 1.165) is 5.13 Å². The molecule has 2 rings (SSSR count). The SMILES string of the molecule is Cc1nc(NC2CCCCCC2)sc1C. The Kier molecular flexibility index (Phi) is 3.62. The molecule has 1 aromatic heterocycles. The fraction of sp³-hybridized carbons (Fsp3) is 0.750. The van der Waals surface area contributed by atoms with Gasteiger partial charge in [-0.3, -0.25) is 0 Å². The maximum absolute atomic E-state index is 4.54. The second-order valence-corrected chi connectivity index (χ2v) is 5.70. The van der Waals surface area contributed by atoms with Gasteiger partial charge in [0.1, 0.15) is 0 Å². The summed E-state index contributed by atoms with van der Waals surface area (Å²) in [6.45, 7) is 4.23. The molecule has 1 saturated carbocycles. The highest BCUT2D eigenvalue weighted by Crippen LogP contribution is 2.25. The maximum Gasteiger partial charge on any atom is 0.183 e. The zero-order valence-electron chi connectivity index (χ0n) is 9.68. The quantitative estimate of drug-likeness (QED) is 0.771. The molecule has 1 aliphatic rings. The number of thiazole rings is 1. The molecule has 0 aromatic carbocycles.